The number of rotatable bonds is 4. The molecule has 0 atom stereocenters. The summed E-state index contributed by atoms with van der Waals surface area (Å²) < 4.78 is 0. The summed E-state index contributed by atoms with van der Waals surface area (Å²) in [6, 6.07) is 5.35. The van der Waals surface area contributed by atoms with Crippen LogP contribution >= 0.6 is 27.5 Å². The molecule has 0 saturated heterocycles. The zero-order valence-electron chi connectivity index (χ0n) is 8.52. The Labute approximate surface area is 103 Å². The number of nitrogens with one attached hydrogen (secondary N) is 1. The molecule has 2 nitrogen and oxygen atoms in total. The molecular weight excluding hydrogens is 277 g/mol. The zero-order valence-corrected chi connectivity index (χ0v) is 10.9. The van der Waals surface area contributed by atoms with E-state index in [1.807, 2.05) is 6.92 Å². The van der Waals surface area contributed by atoms with Crippen LogP contribution in [0.4, 0.5) is 0 Å². The van der Waals surface area contributed by atoms with Crippen LogP contribution in [0.5, 0.6) is 0 Å². The van der Waals surface area contributed by atoms with Gasteiger partial charge in [0.05, 0.1) is 0 Å². The van der Waals surface area contributed by atoms with Gasteiger partial charge in [-0.1, -0.05) is 33.6 Å². The van der Waals surface area contributed by atoms with E-state index in [4.69, 9.17) is 11.6 Å². The number of hydrogen-bond donors (Lipinski definition) is 1. The van der Waals surface area contributed by atoms with Crippen molar-refractivity contribution in [2.24, 2.45) is 0 Å². The van der Waals surface area contributed by atoms with Crippen LogP contribution in [0, 0.1) is 6.92 Å². The number of alkyl halides is 1. The fraction of sp³-hybridized carbons (Fsp3) is 0.364. The van der Waals surface area contributed by atoms with Crippen molar-refractivity contribution >= 4 is 33.4 Å². The van der Waals surface area contributed by atoms with Gasteiger partial charge in [0.15, 0.2) is 0 Å². The summed E-state index contributed by atoms with van der Waals surface area (Å²) in [4.78, 5) is 11.7. The second-order valence-corrected chi connectivity index (χ2v) is 4.41. The van der Waals surface area contributed by atoms with Crippen molar-refractivity contribution in [2.75, 3.05) is 11.9 Å². The van der Waals surface area contributed by atoms with Crippen molar-refractivity contribution in [1.29, 1.82) is 0 Å². The molecule has 82 valence electrons. The molecule has 0 heterocycles. The maximum atomic E-state index is 11.7. The average Bonchev–Trinajstić information content (AvgIpc) is 2.22. The van der Waals surface area contributed by atoms with Crippen molar-refractivity contribution in [2.45, 2.75) is 13.3 Å². The lowest BCUT2D eigenvalue weighted by atomic mass is 10.1. The highest BCUT2D eigenvalue weighted by Gasteiger charge is 2.09. The Bertz CT molecular complexity index is 354. The lowest BCUT2D eigenvalue weighted by Crippen LogP contribution is -2.25. The highest BCUT2D eigenvalue weighted by atomic mass is 79.9. The molecule has 1 N–H and O–H groups in total. The van der Waals surface area contributed by atoms with E-state index in [0.717, 1.165) is 17.3 Å². The number of halogens is 2. The van der Waals surface area contributed by atoms with Gasteiger partial charge in [0.25, 0.3) is 5.91 Å². The molecule has 0 aliphatic rings. The van der Waals surface area contributed by atoms with Gasteiger partial charge in [-0.3, -0.25) is 4.79 Å². The van der Waals surface area contributed by atoms with Crippen LogP contribution in [-0.2, 0) is 0 Å². The van der Waals surface area contributed by atoms with Crippen LogP contribution in [0.25, 0.3) is 0 Å². The highest BCUT2D eigenvalue weighted by molar-refractivity contribution is 9.09. The lowest BCUT2D eigenvalue weighted by Gasteiger charge is -2.07. The molecule has 0 bridgehead atoms. The van der Waals surface area contributed by atoms with Crippen molar-refractivity contribution in [3.05, 3.63) is 34.3 Å². The summed E-state index contributed by atoms with van der Waals surface area (Å²) in [7, 11) is 0. The normalized spacial score (nSPS) is 10.1. The van der Waals surface area contributed by atoms with Crippen LogP contribution in [0.15, 0.2) is 18.2 Å². The predicted molar refractivity (Wildman–Crippen MR) is 66.9 cm³/mol. The van der Waals surface area contributed by atoms with E-state index in [9.17, 15) is 4.79 Å². The Morgan fingerprint density at radius 2 is 2.27 bits per heavy atom. The molecule has 0 aliphatic carbocycles. The van der Waals surface area contributed by atoms with Crippen LogP contribution in [0.3, 0.4) is 0 Å². The molecule has 1 aromatic rings. The smallest absolute Gasteiger partial charge is 0.251 e. The molecule has 0 fully saturated rings. The Morgan fingerprint density at radius 3 is 2.93 bits per heavy atom. The first-order valence-electron chi connectivity index (χ1n) is 4.76. The highest BCUT2D eigenvalue weighted by Crippen LogP contribution is 2.18. The Morgan fingerprint density at radius 1 is 1.53 bits per heavy atom. The number of benzene rings is 1. The monoisotopic (exact) mass is 289 g/mol. The number of carbonyl (C=O) groups excluding carboxylic acids is 1. The van der Waals surface area contributed by atoms with Gasteiger partial charge in [-0.15, -0.1) is 0 Å². The minimum Gasteiger partial charge on any atom is -0.352 e. The van der Waals surface area contributed by atoms with E-state index in [1.54, 1.807) is 18.2 Å². The van der Waals surface area contributed by atoms with Gasteiger partial charge in [-0.2, -0.15) is 0 Å². The third kappa shape index (κ3) is 3.50. The quantitative estimate of drug-likeness (QED) is 0.670. The summed E-state index contributed by atoms with van der Waals surface area (Å²) in [5.41, 5.74) is 1.48. The van der Waals surface area contributed by atoms with Crippen LogP contribution in [0.2, 0.25) is 5.02 Å². The molecule has 4 heteroatoms. The average molecular weight is 291 g/mol. The fourth-order valence-corrected chi connectivity index (χ4v) is 1.67. The molecule has 1 aromatic carbocycles. The number of hydrogen-bond acceptors (Lipinski definition) is 1. The number of amides is 1. The molecule has 0 radical (unpaired) electrons. The summed E-state index contributed by atoms with van der Waals surface area (Å²) in [6.45, 7) is 2.53. The van der Waals surface area contributed by atoms with Gasteiger partial charge >= 0.3 is 0 Å². The minimum absolute atomic E-state index is 0.0593. The van der Waals surface area contributed by atoms with Crippen LogP contribution in [0.1, 0.15) is 22.3 Å². The van der Waals surface area contributed by atoms with Gasteiger partial charge in [0.1, 0.15) is 0 Å². The summed E-state index contributed by atoms with van der Waals surface area (Å²) in [6.07, 6.45) is 0.922. The van der Waals surface area contributed by atoms with E-state index in [-0.39, 0.29) is 5.91 Å². The van der Waals surface area contributed by atoms with Gasteiger partial charge in [-0.25, -0.2) is 0 Å². The van der Waals surface area contributed by atoms with Gasteiger partial charge in [0, 0.05) is 22.5 Å². The zero-order chi connectivity index (χ0) is 11.3. The molecule has 0 aliphatic heterocycles. The van der Waals surface area contributed by atoms with Crippen LogP contribution in [-0.4, -0.2) is 17.8 Å². The van der Waals surface area contributed by atoms with Crippen molar-refractivity contribution in [1.82, 2.24) is 5.32 Å². The maximum absolute atomic E-state index is 11.7. The lowest BCUT2D eigenvalue weighted by molar-refractivity contribution is 0.0953. The van der Waals surface area contributed by atoms with Crippen molar-refractivity contribution < 1.29 is 4.79 Å². The third-order valence-corrected chi connectivity index (χ3v) is 3.08. The molecule has 0 spiro atoms. The molecule has 0 aromatic heterocycles. The van der Waals surface area contributed by atoms with Crippen molar-refractivity contribution in [3.63, 3.8) is 0 Å². The molecule has 0 saturated carbocycles. The van der Waals surface area contributed by atoms with Gasteiger partial charge in [0.2, 0.25) is 0 Å². The van der Waals surface area contributed by atoms with E-state index < -0.39 is 0 Å². The van der Waals surface area contributed by atoms with E-state index >= 15 is 0 Å². The maximum Gasteiger partial charge on any atom is 0.251 e. The third-order valence-electron chi connectivity index (χ3n) is 2.11. The summed E-state index contributed by atoms with van der Waals surface area (Å²) >= 11 is 9.24. The topological polar surface area (TPSA) is 29.1 Å². The Balaban J connectivity index is 2.69. The molecule has 1 amide bonds. The Hall–Kier alpha value is -0.540. The van der Waals surface area contributed by atoms with E-state index in [2.05, 4.69) is 21.2 Å². The first kappa shape index (κ1) is 12.5. The summed E-state index contributed by atoms with van der Waals surface area (Å²) in [5, 5.41) is 4.36. The molecule has 0 unspecified atom stereocenters. The molecule has 1 rings (SSSR count). The van der Waals surface area contributed by atoms with E-state index in [0.29, 0.717) is 17.1 Å². The Kier molecular flexibility index (Phi) is 5.12. The number of carbonyl (C=O) groups is 1. The second kappa shape index (κ2) is 6.13. The fourth-order valence-electron chi connectivity index (χ4n) is 1.22. The van der Waals surface area contributed by atoms with Gasteiger partial charge in [-0.05, 0) is 31.0 Å². The van der Waals surface area contributed by atoms with Crippen LogP contribution < -0.4 is 5.32 Å². The largest absolute Gasteiger partial charge is 0.352 e. The summed E-state index contributed by atoms with van der Waals surface area (Å²) in [5.74, 6) is -0.0593. The first-order valence-corrected chi connectivity index (χ1v) is 6.26. The van der Waals surface area contributed by atoms with Crippen molar-refractivity contribution in [3.8, 4) is 0 Å². The predicted octanol–water partition coefficient (Wildman–Crippen LogP) is 3.16. The SMILES string of the molecule is Cc1c(Cl)cccc1C(=O)NCCCBr. The first-order chi connectivity index (χ1) is 7.16. The molecular formula is C11H13BrClNO. The molecule has 15 heavy (non-hydrogen) atoms. The van der Waals surface area contributed by atoms with Gasteiger partial charge < -0.3 is 5.32 Å². The second-order valence-electron chi connectivity index (χ2n) is 3.21. The van der Waals surface area contributed by atoms with E-state index in [1.165, 1.54) is 0 Å². The minimum atomic E-state index is -0.0593. The standard InChI is InChI=1S/C11H13BrClNO/c1-8-9(4-2-5-10(8)13)11(15)14-7-3-6-12/h2,4-5H,3,6-7H2,1H3,(H,14,15).